The molecule has 2 atom stereocenters. The quantitative estimate of drug-likeness (QED) is 0.383. The van der Waals surface area contributed by atoms with Crippen molar-refractivity contribution in [3.8, 4) is 0 Å². The van der Waals surface area contributed by atoms with Crippen LogP contribution in [0.4, 0.5) is 0 Å². The molecule has 0 aliphatic rings. The summed E-state index contributed by atoms with van der Waals surface area (Å²) < 4.78 is 5.85. The van der Waals surface area contributed by atoms with Gasteiger partial charge in [-0.1, -0.05) is 47.0 Å². The van der Waals surface area contributed by atoms with Crippen molar-refractivity contribution in [1.82, 2.24) is 5.43 Å². The number of hydrogen-bond donors (Lipinski definition) is 2. The van der Waals surface area contributed by atoms with Crippen molar-refractivity contribution in [2.45, 2.75) is 72.4 Å². The van der Waals surface area contributed by atoms with Crippen LogP contribution >= 0.6 is 0 Å². The Bertz CT molecular complexity index is 166. The van der Waals surface area contributed by atoms with Gasteiger partial charge in [0.2, 0.25) is 0 Å². The molecule has 0 bridgehead atoms. The molecule has 0 amide bonds. The van der Waals surface area contributed by atoms with Gasteiger partial charge in [0.15, 0.2) is 0 Å². The first kappa shape index (κ1) is 15.9. The zero-order valence-electron chi connectivity index (χ0n) is 11.7. The van der Waals surface area contributed by atoms with E-state index in [0.717, 1.165) is 13.0 Å². The zero-order valence-corrected chi connectivity index (χ0v) is 11.7. The first-order valence-corrected chi connectivity index (χ1v) is 6.55. The molecular formula is C13H30N2O. The fourth-order valence-electron chi connectivity index (χ4n) is 2.09. The van der Waals surface area contributed by atoms with Crippen molar-refractivity contribution >= 4 is 0 Å². The summed E-state index contributed by atoms with van der Waals surface area (Å²) in [5, 5.41) is 0. The van der Waals surface area contributed by atoms with Crippen LogP contribution in [-0.2, 0) is 4.74 Å². The second-order valence-electron chi connectivity index (χ2n) is 5.51. The lowest BCUT2D eigenvalue weighted by molar-refractivity contribution is -0.0378. The maximum absolute atomic E-state index is 5.85. The van der Waals surface area contributed by atoms with Crippen LogP contribution in [0, 0.1) is 5.41 Å². The minimum Gasteiger partial charge on any atom is -0.376 e. The number of hydrazine groups is 1. The van der Waals surface area contributed by atoms with Gasteiger partial charge in [-0.05, 0) is 18.8 Å². The number of nitrogens with one attached hydrogen (secondary N) is 1. The molecule has 0 rings (SSSR count). The van der Waals surface area contributed by atoms with Gasteiger partial charge >= 0.3 is 0 Å². The van der Waals surface area contributed by atoms with E-state index in [1.807, 2.05) is 6.92 Å². The molecule has 0 fully saturated rings. The third-order valence-electron chi connectivity index (χ3n) is 2.90. The fourth-order valence-corrected chi connectivity index (χ4v) is 2.09. The van der Waals surface area contributed by atoms with E-state index < -0.39 is 0 Å². The van der Waals surface area contributed by atoms with Gasteiger partial charge in [-0.2, -0.15) is 0 Å². The predicted molar refractivity (Wildman–Crippen MR) is 70.1 cm³/mol. The van der Waals surface area contributed by atoms with Crippen molar-refractivity contribution < 1.29 is 4.74 Å². The molecule has 0 aliphatic heterocycles. The molecule has 3 heteroatoms. The van der Waals surface area contributed by atoms with Crippen LogP contribution in [0.15, 0.2) is 0 Å². The molecule has 3 nitrogen and oxygen atoms in total. The van der Waals surface area contributed by atoms with Crippen molar-refractivity contribution in [3.05, 3.63) is 0 Å². The Labute approximate surface area is 101 Å². The molecule has 0 aromatic rings. The molecule has 0 heterocycles. The lowest BCUT2D eigenvalue weighted by atomic mass is 9.83. The van der Waals surface area contributed by atoms with Gasteiger partial charge in [-0.15, -0.1) is 0 Å². The van der Waals surface area contributed by atoms with Crippen molar-refractivity contribution in [1.29, 1.82) is 0 Å². The second-order valence-corrected chi connectivity index (χ2v) is 5.51. The third kappa shape index (κ3) is 5.83. The highest BCUT2D eigenvalue weighted by Gasteiger charge is 2.31. The lowest BCUT2D eigenvalue weighted by Gasteiger charge is -2.36. The Balaban J connectivity index is 4.34. The van der Waals surface area contributed by atoms with Crippen LogP contribution < -0.4 is 11.3 Å². The molecule has 16 heavy (non-hydrogen) atoms. The smallest absolute Gasteiger partial charge is 0.0789 e. The van der Waals surface area contributed by atoms with Crippen LogP contribution in [0.25, 0.3) is 0 Å². The number of ether oxygens (including phenoxy) is 1. The second kappa shape index (κ2) is 8.04. The molecule has 3 N–H and O–H groups in total. The van der Waals surface area contributed by atoms with Gasteiger partial charge in [0.25, 0.3) is 0 Å². The maximum atomic E-state index is 5.85. The maximum Gasteiger partial charge on any atom is 0.0789 e. The molecule has 0 aromatic heterocycles. The highest BCUT2D eigenvalue weighted by Crippen LogP contribution is 2.27. The largest absolute Gasteiger partial charge is 0.376 e. The average Bonchev–Trinajstić information content (AvgIpc) is 2.20. The molecule has 0 saturated heterocycles. The zero-order chi connectivity index (χ0) is 12.6. The molecule has 0 aromatic carbocycles. The SMILES string of the molecule is CCCCCC(NN)C(OCC)C(C)(C)C. The van der Waals surface area contributed by atoms with E-state index in [-0.39, 0.29) is 17.6 Å². The monoisotopic (exact) mass is 230 g/mol. The summed E-state index contributed by atoms with van der Waals surface area (Å²) in [6, 6.07) is 0.256. The highest BCUT2D eigenvalue weighted by atomic mass is 16.5. The molecule has 0 aliphatic carbocycles. The third-order valence-corrected chi connectivity index (χ3v) is 2.90. The van der Waals surface area contributed by atoms with Crippen LogP contribution in [0.2, 0.25) is 0 Å². The topological polar surface area (TPSA) is 47.3 Å². The molecule has 0 radical (unpaired) electrons. The first-order valence-electron chi connectivity index (χ1n) is 6.55. The number of hydrogen-bond acceptors (Lipinski definition) is 3. The average molecular weight is 230 g/mol. The van der Waals surface area contributed by atoms with Gasteiger partial charge in [0.1, 0.15) is 0 Å². The Morgan fingerprint density at radius 1 is 1.19 bits per heavy atom. The number of unbranched alkanes of at least 4 members (excludes halogenated alkanes) is 2. The summed E-state index contributed by atoms with van der Waals surface area (Å²) in [7, 11) is 0. The molecule has 0 saturated carbocycles. The van der Waals surface area contributed by atoms with Crippen molar-refractivity contribution in [2.24, 2.45) is 11.3 Å². The van der Waals surface area contributed by atoms with Gasteiger partial charge in [-0.25, -0.2) is 0 Å². The van der Waals surface area contributed by atoms with Crippen LogP contribution in [0.1, 0.15) is 60.3 Å². The Morgan fingerprint density at radius 2 is 1.81 bits per heavy atom. The minimum atomic E-state index is 0.124. The molecule has 0 spiro atoms. The van der Waals surface area contributed by atoms with E-state index in [9.17, 15) is 0 Å². The summed E-state index contributed by atoms with van der Waals surface area (Å²) in [4.78, 5) is 0. The fraction of sp³-hybridized carbons (Fsp3) is 1.00. The highest BCUT2D eigenvalue weighted by molar-refractivity contribution is 4.85. The van der Waals surface area contributed by atoms with E-state index in [0.29, 0.717) is 0 Å². The minimum absolute atomic E-state index is 0.124. The standard InChI is InChI=1S/C13H30N2O/c1-6-8-9-10-11(15-14)12(16-7-2)13(3,4)5/h11-12,15H,6-10,14H2,1-5H3. The van der Waals surface area contributed by atoms with Crippen LogP contribution in [-0.4, -0.2) is 18.8 Å². The number of nitrogens with two attached hydrogens (primary N) is 1. The predicted octanol–water partition coefficient (Wildman–Crippen LogP) is 2.85. The van der Waals surface area contributed by atoms with E-state index in [1.54, 1.807) is 0 Å². The van der Waals surface area contributed by atoms with Gasteiger partial charge in [-0.3, -0.25) is 11.3 Å². The van der Waals surface area contributed by atoms with Gasteiger partial charge in [0.05, 0.1) is 6.10 Å². The summed E-state index contributed by atoms with van der Waals surface area (Å²) in [5.74, 6) is 5.65. The van der Waals surface area contributed by atoms with E-state index in [2.05, 4.69) is 33.1 Å². The Morgan fingerprint density at radius 3 is 2.19 bits per heavy atom. The summed E-state index contributed by atoms with van der Waals surface area (Å²) >= 11 is 0. The summed E-state index contributed by atoms with van der Waals surface area (Å²) in [5.41, 5.74) is 3.05. The van der Waals surface area contributed by atoms with E-state index in [4.69, 9.17) is 10.6 Å². The summed E-state index contributed by atoms with van der Waals surface area (Å²) in [6.45, 7) is 11.6. The molecular weight excluding hydrogens is 200 g/mol. The van der Waals surface area contributed by atoms with Gasteiger partial charge < -0.3 is 4.74 Å². The molecule has 98 valence electrons. The van der Waals surface area contributed by atoms with Gasteiger partial charge in [0, 0.05) is 12.6 Å². The van der Waals surface area contributed by atoms with Crippen LogP contribution in [0.5, 0.6) is 0 Å². The normalized spacial score (nSPS) is 16.1. The van der Waals surface area contributed by atoms with E-state index >= 15 is 0 Å². The first-order chi connectivity index (χ1) is 7.47. The number of rotatable bonds is 8. The van der Waals surface area contributed by atoms with Crippen molar-refractivity contribution in [3.63, 3.8) is 0 Å². The van der Waals surface area contributed by atoms with E-state index in [1.165, 1.54) is 19.3 Å². The van der Waals surface area contributed by atoms with Crippen molar-refractivity contribution in [2.75, 3.05) is 6.61 Å². The lowest BCUT2D eigenvalue weighted by Crippen LogP contribution is -2.50. The Kier molecular flexibility index (Phi) is 7.98. The van der Waals surface area contributed by atoms with Crippen LogP contribution in [0.3, 0.4) is 0 Å². The summed E-state index contributed by atoms with van der Waals surface area (Å²) in [6.07, 6.45) is 4.99. The molecule has 2 unspecified atom stereocenters. The Hall–Kier alpha value is -0.120.